The summed E-state index contributed by atoms with van der Waals surface area (Å²) in [6.07, 6.45) is 1.50. The maximum Gasteiger partial charge on any atom is 0.261 e. The third-order valence-electron chi connectivity index (χ3n) is 4.31. The van der Waals surface area contributed by atoms with Crippen molar-refractivity contribution >= 4 is 23.4 Å². The summed E-state index contributed by atoms with van der Waals surface area (Å²) in [7, 11) is 0. The highest BCUT2D eigenvalue weighted by atomic mass is 16.2. The Morgan fingerprint density at radius 2 is 1.76 bits per heavy atom. The zero-order valence-electron chi connectivity index (χ0n) is 14.1. The Bertz CT molecular complexity index is 915. The molecule has 0 aliphatic carbocycles. The molecule has 5 nitrogen and oxygen atoms in total. The lowest BCUT2D eigenvalue weighted by atomic mass is 10.0. The first-order chi connectivity index (χ1) is 11.9. The fraction of sp³-hybridized carbons (Fsp3) is 0.150. The van der Waals surface area contributed by atoms with Crippen LogP contribution in [-0.2, 0) is 0 Å². The van der Waals surface area contributed by atoms with E-state index >= 15 is 0 Å². The molecule has 1 aliphatic heterocycles. The maximum atomic E-state index is 12.5. The molecular formula is C20H18N2O3. The van der Waals surface area contributed by atoms with Crippen LogP contribution in [0.2, 0.25) is 0 Å². The molecule has 0 bridgehead atoms. The molecule has 3 rings (SSSR count). The average molecular weight is 334 g/mol. The van der Waals surface area contributed by atoms with E-state index in [1.165, 1.54) is 18.2 Å². The number of nitrogens with zero attached hydrogens (tertiary/aromatic N) is 1. The zero-order valence-corrected chi connectivity index (χ0v) is 14.1. The third kappa shape index (κ3) is 2.96. The summed E-state index contributed by atoms with van der Waals surface area (Å²) < 4.78 is 0. The molecule has 5 heteroatoms. The number of carbonyl (C=O) groups is 3. The van der Waals surface area contributed by atoms with Crippen LogP contribution in [0.1, 0.15) is 42.2 Å². The first-order valence-electron chi connectivity index (χ1n) is 7.92. The summed E-state index contributed by atoms with van der Waals surface area (Å²) in [4.78, 5) is 38.1. The van der Waals surface area contributed by atoms with Crippen LogP contribution in [0.25, 0.3) is 0 Å². The predicted octanol–water partition coefficient (Wildman–Crippen LogP) is 3.34. The second-order valence-corrected chi connectivity index (χ2v) is 6.02. The molecule has 0 atom stereocenters. The summed E-state index contributed by atoms with van der Waals surface area (Å²) >= 11 is 0. The molecule has 0 saturated heterocycles. The Hall–Kier alpha value is -3.21. The lowest BCUT2D eigenvalue weighted by Crippen LogP contribution is -2.29. The van der Waals surface area contributed by atoms with Gasteiger partial charge in [-0.25, -0.2) is 0 Å². The molecule has 2 aromatic rings. The first-order valence-corrected chi connectivity index (χ1v) is 7.92. The fourth-order valence-corrected chi connectivity index (χ4v) is 2.75. The van der Waals surface area contributed by atoms with Crippen molar-refractivity contribution in [2.75, 3.05) is 11.9 Å². The first kappa shape index (κ1) is 16.6. The molecule has 126 valence electrons. The van der Waals surface area contributed by atoms with Gasteiger partial charge in [0, 0.05) is 17.8 Å². The van der Waals surface area contributed by atoms with Gasteiger partial charge in [-0.2, -0.15) is 0 Å². The van der Waals surface area contributed by atoms with Gasteiger partial charge in [0.2, 0.25) is 0 Å². The van der Waals surface area contributed by atoms with Crippen molar-refractivity contribution in [2.45, 2.75) is 13.8 Å². The van der Waals surface area contributed by atoms with Gasteiger partial charge in [0.15, 0.2) is 0 Å². The highest BCUT2D eigenvalue weighted by molar-refractivity contribution is 6.22. The maximum absolute atomic E-state index is 12.5. The number of anilines is 1. The highest BCUT2D eigenvalue weighted by Crippen LogP contribution is 2.24. The molecule has 3 amide bonds. The van der Waals surface area contributed by atoms with Crippen LogP contribution in [0.3, 0.4) is 0 Å². The van der Waals surface area contributed by atoms with Crippen molar-refractivity contribution in [1.82, 2.24) is 4.90 Å². The third-order valence-corrected chi connectivity index (χ3v) is 4.31. The minimum Gasteiger partial charge on any atom is -0.322 e. The number of amides is 3. The van der Waals surface area contributed by atoms with E-state index in [0.717, 1.165) is 16.0 Å². The average Bonchev–Trinajstić information content (AvgIpc) is 2.83. The number of nitrogens with one attached hydrogen (secondary N) is 1. The quantitative estimate of drug-likeness (QED) is 0.689. The van der Waals surface area contributed by atoms with E-state index in [-0.39, 0.29) is 23.9 Å². The molecular weight excluding hydrogens is 316 g/mol. The summed E-state index contributed by atoms with van der Waals surface area (Å²) in [5, 5.41) is 2.81. The number of fused-ring (bicyclic) bond motifs is 1. The van der Waals surface area contributed by atoms with E-state index in [2.05, 4.69) is 11.9 Å². The zero-order chi connectivity index (χ0) is 18.1. The Balaban J connectivity index is 1.86. The molecule has 0 unspecified atom stereocenters. The molecule has 0 spiro atoms. The van der Waals surface area contributed by atoms with E-state index in [1.54, 1.807) is 6.07 Å². The van der Waals surface area contributed by atoms with Crippen molar-refractivity contribution in [3.8, 4) is 0 Å². The Kier molecular flexibility index (Phi) is 4.23. The van der Waals surface area contributed by atoms with Gasteiger partial charge in [0.1, 0.15) is 0 Å². The lowest BCUT2D eigenvalue weighted by Gasteiger charge is -2.09. The summed E-state index contributed by atoms with van der Waals surface area (Å²) in [5.74, 6) is -1.09. The molecule has 1 aliphatic rings. The number of hydrogen-bond donors (Lipinski definition) is 1. The van der Waals surface area contributed by atoms with Gasteiger partial charge in [-0.3, -0.25) is 19.3 Å². The van der Waals surface area contributed by atoms with Crippen LogP contribution in [0.4, 0.5) is 5.69 Å². The van der Waals surface area contributed by atoms with Crippen molar-refractivity contribution in [3.63, 3.8) is 0 Å². The normalized spacial score (nSPS) is 13.0. The van der Waals surface area contributed by atoms with Crippen LogP contribution in [0.5, 0.6) is 0 Å². The minimum absolute atomic E-state index is 0.149. The van der Waals surface area contributed by atoms with Crippen molar-refractivity contribution in [3.05, 3.63) is 76.9 Å². The second-order valence-electron chi connectivity index (χ2n) is 6.02. The van der Waals surface area contributed by atoms with Gasteiger partial charge in [0.05, 0.1) is 11.1 Å². The minimum atomic E-state index is -0.402. The number of imide groups is 1. The van der Waals surface area contributed by atoms with E-state index in [0.29, 0.717) is 16.8 Å². The van der Waals surface area contributed by atoms with Gasteiger partial charge in [-0.1, -0.05) is 12.1 Å². The molecule has 0 radical (unpaired) electrons. The monoisotopic (exact) mass is 334 g/mol. The SMILES string of the molecule is C=CCN1C(=O)c2ccc(C(=O)Nc3ccc(C)c(C)c3)cc2C1=O. The van der Waals surface area contributed by atoms with Crippen LogP contribution >= 0.6 is 0 Å². The van der Waals surface area contributed by atoms with Gasteiger partial charge in [-0.15, -0.1) is 6.58 Å². The summed E-state index contributed by atoms with van der Waals surface area (Å²) in [6.45, 7) is 7.67. The van der Waals surface area contributed by atoms with Crippen LogP contribution in [0, 0.1) is 13.8 Å². The molecule has 0 fully saturated rings. The highest BCUT2D eigenvalue weighted by Gasteiger charge is 2.35. The predicted molar refractivity (Wildman–Crippen MR) is 95.9 cm³/mol. The Labute approximate surface area is 146 Å². The topological polar surface area (TPSA) is 66.5 Å². The number of aryl methyl sites for hydroxylation is 2. The van der Waals surface area contributed by atoms with Crippen LogP contribution in [-0.4, -0.2) is 29.2 Å². The number of rotatable bonds is 4. The Morgan fingerprint density at radius 3 is 2.44 bits per heavy atom. The van der Waals surface area contributed by atoms with Gasteiger partial charge in [-0.05, 0) is 55.3 Å². The molecule has 0 saturated carbocycles. The van der Waals surface area contributed by atoms with Crippen LogP contribution < -0.4 is 5.32 Å². The van der Waals surface area contributed by atoms with Crippen molar-refractivity contribution < 1.29 is 14.4 Å². The molecule has 25 heavy (non-hydrogen) atoms. The number of hydrogen-bond acceptors (Lipinski definition) is 3. The molecule has 0 aromatic heterocycles. The van der Waals surface area contributed by atoms with Crippen molar-refractivity contribution in [1.29, 1.82) is 0 Å². The standard InChI is InChI=1S/C20H18N2O3/c1-4-9-22-19(24)16-8-6-14(11-17(16)20(22)25)18(23)21-15-7-5-12(2)13(3)10-15/h4-8,10-11H,1,9H2,2-3H3,(H,21,23). The Morgan fingerprint density at radius 1 is 1.04 bits per heavy atom. The largest absolute Gasteiger partial charge is 0.322 e. The number of benzene rings is 2. The van der Waals surface area contributed by atoms with E-state index in [9.17, 15) is 14.4 Å². The van der Waals surface area contributed by atoms with E-state index in [4.69, 9.17) is 0 Å². The van der Waals surface area contributed by atoms with Gasteiger partial charge >= 0.3 is 0 Å². The van der Waals surface area contributed by atoms with E-state index in [1.807, 2.05) is 32.0 Å². The molecule has 2 aromatic carbocycles. The number of carbonyl (C=O) groups excluding carboxylic acids is 3. The summed E-state index contributed by atoms with van der Waals surface area (Å²) in [5.41, 5.74) is 3.80. The van der Waals surface area contributed by atoms with Crippen LogP contribution in [0.15, 0.2) is 49.1 Å². The lowest BCUT2D eigenvalue weighted by molar-refractivity contribution is 0.0672. The van der Waals surface area contributed by atoms with Gasteiger partial charge < -0.3 is 5.32 Å². The van der Waals surface area contributed by atoms with E-state index < -0.39 is 5.91 Å². The molecule has 1 heterocycles. The molecule has 1 N–H and O–H groups in total. The van der Waals surface area contributed by atoms with Crippen molar-refractivity contribution in [2.24, 2.45) is 0 Å². The fourth-order valence-electron chi connectivity index (χ4n) is 2.75. The smallest absolute Gasteiger partial charge is 0.261 e. The second kappa shape index (κ2) is 6.36. The van der Waals surface area contributed by atoms with Gasteiger partial charge in [0.25, 0.3) is 17.7 Å². The summed E-state index contributed by atoms with van der Waals surface area (Å²) in [6, 6.07) is 10.2.